The van der Waals surface area contributed by atoms with Crippen LogP contribution >= 0.6 is 0 Å². The van der Waals surface area contributed by atoms with Crippen LogP contribution in [0.1, 0.15) is 32.1 Å². The van der Waals surface area contributed by atoms with E-state index in [1.807, 2.05) is 0 Å². The first-order valence-corrected chi connectivity index (χ1v) is 6.87. The summed E-state index contributed by atoms with van der Waals surface area (Å²) in [5.41, 5.74) is -0.0213. The number of nitrogens with zero attached hydrogens (tertiary/aromatic N) is 1. The summed E-state index contributed by atoms with van der Waals surface area (Å²) in [4.78, 5) is 35.1. The molecule has 0 aliphatic carbocycles. The summed E-state index contributed by atoms with van der Waals surface area (Å²) in [6, 6.07) is 4.88. The highest BCUT2D eigenvalue weighted by Gasteiger charge is 2.22. The van der Waals surface area contributed by atoms with Gasteiger partial charge in [0.2, 0.25) is 0 Å². The number of ether oxygens (including phenoxy) is 1. The third kappa shape index (κ3) is 3.12. The molecule has 0 fully saturated rings. The first kappa shape index (κ1) is 17.2. The number of carbonyl (C=O) groups is 3. The number of aromatic carboxylic acids is 1. The molecule has 8 heteroatoms. The molecule has 0 saturated carbocycles. The fourth-order valence-corrected chi connectivity index (χ4v) is 2.28. The number of halogens is 1. The number of aryl methyl sites for hydroxylation is 2. The van der Waals surface area contributed by atoms with Crippen molar-refractivity contribution < 1.29 is 28.6 Å². The van der Waals surface area contributed by atoms with Gasteiger partial charge in [-0.3, -0.25) is 4.57 Å². The minimum absolute atomic E-state index is 0.0355. The van der Waals surface area contributed by atoms with Crippen molar-refractivity contribution in [2.24, 2.45) is 0 Å². The Hall–Kier alpha value is -3.16. The Bertz CT molecular complexity index is 822. The van der Waals surface area contributed by atoms with Gasteiger partial charge in [0.05, 0.1) is 18.2 Å². The summed E-state index contributed by atoms with van der Waals surface area (Å²) in [5.74, 6) is -3.83. The lowest BCUT2D eigenvalue weighted by molar-refractivity contribution is 0.0595. The number of carboxylic acid groups (broad SMARTS) is 1. The smallest absolute Gasteiger partial charge is 0.340 e. The molecule has 1 amide bonds. The van der Waals surface area contributed by atoms with Gasteiger partial charge in [0.25, 0.3) is 0 Å². The highest BCUT2D eigenvalue weighted by atomic mass is 19.1. The first-order chi connectivity index (χ1) is 11.3. The maximum atomic E-state index is 14.1. The number of rotatable bonds is 3. The fraction of sp³-hybridized carbons (Fsp3) is 0.188. The molecule has 0 atom stereocenters. The SMILES string of the molecule is COC(=O)c1cc(NC(=O)n2c(C)ccc2C)cc(C(=O)O)c1F. The molecule has 1 aromatic carbocycles. The van der Waals surface area contributed by atoms with E-state index in [0.29, 0.717) is 11.4 Å². The van der Waals surface area contributed by atoms with Gasteiger partial charge >= 0.3 is 18.0 Å². The van der Waals surface area contributed by atoms with E-state index in [1.165, 1.54) is 4.57 Å². The Morgan fingerprint density at radius 1 is 1.12 bits per heavy atom. The second-order valence-electron chi connectivity index (χ2n) is 5.06. The van der Waals surface area contributed by atoms with Crippen molar-refractivity contribution >= 4 is 23.7 Å². The van der Waals surface area contributed by atoms with E-state index in [0.717, 1.165) is 19.2 Å². The molecule has 0 aliphatic heterocycles. The molecule has 1 aromatic heterocycles. The predicted molar refractivity (Wildman–Crippen MR) is 83.0 cm³/mol. The van der Waals surface area contributed by atoms with E-state index >= 15 is 0 Å². The zero-order valence-corrected chi connectivity index (χ0v) is 13.2. The van der Waals surface area contributed by atoms with Crippen LogP contribution in [-0.2, 0) is 4.74 Å². The van der Waals surface area contributed by atoms with Gasteiger partial charge in [0.15, 0.2) is 5.82 Å². The van der Waals surface area contributed by atoms with Crippen molar-refractivity contribution in [2.45, 2.75) is 13.8 Å². The van der Waals surface area contributed by atoms with Gasteiger partial charge in [-0.25, -0.2) is 18.8 Å². The number of esters is 1. The minimum atomic E-state index is -1.57. The van der Waals surface area contributed by atoms with Crippen LogP contribution in [0.15, 0.2) is 24.3 Å². The van der Waals surface area contributed by atoms with Crippen molar-refractivity contribution in [3.63, 3.8) is 0 Å². The number of aromatic nitrogens is 1. The second kappa shape index (κ2) is 6.53. The Balaban J connectivity index is 2.47. The number of anilines is 1. The minimum Gasteiger partial charge on any atom is -0.478 e. The molecule has 126 valence electrons. The lowest BCUT2D eigenvalue weighted by Gasteiger charge is -2.12. The van der Waals surface area contributed by atoms with E-state index in [-0.39, 0.29) is 5.69 Å². The lowest BCUT2D eigenvalue weighted by Crippen LogP contribution is -2.22. The standard InChI is InChI=1S/C16H15FN2O5/c1-8-4-5-9(2)19(8)16(23)18-10-6-11(14(20)21)13(17)12(7-10)15(22)24-3/h4-7H,1-3H3,(H,18,23)(H,20,21). The van der Waals surface area contributed by atoms with E-state index in [1.54, 1.807) is 26.0 Å². The molecule has 2 rings (SSSR count). The maximum Gasteiger partial charge on any atom is 0.340 e. The summed E-state index contributed by atoms with van der Waals surface area (Å²) in [6.45, 7) is 3.44. The molecular formula is C16H15FN2O5. The van der Waals surface area contributed by atoms with Gasteiger partial charge < -0.3 is 15.2 Å². The van der Waals surface area contributed by atoms with Crippen molar-refractivity contribution in [3.8, 4) is 0 Å². The normalized spacial score (nSPS) is 10.3. The average molecular weight is 334 g/mol. The lowest BCUT2D eigenvalue weighted by atomic mass is 10.1. The molecule has 24 heavy (non-hydrogen) atoms. The van der Waals surface area contributed by atoms with Crippen LogP contribution < -0.4 is 5.32 Å². The molecule has 0 saturated heterocycles. The second-order valence-corrected chi connectivity index (χ2v) is 5.06. The number of methoxy groups -OCH3 is 1. The summed E-state index contributed by atoms with van der Waals surface area (Å²) in [7, 11) is 1.04. The number of carbonyl (C=O) groups excluding carboxylic acids is 2. The number of benzene rings is 1. The van der Waals surface area contributed by atoms with E-state index in [4.69, 9.17) is 5.11 Å². The van der Waals surface area contributed by atoms with Crippen LogP contribution in [0.5, 0.6) is 0 Å². The molecule has 0 unspecified atom stereocenters. The Morgan fingerprint density at radius 2 is 1.67 bits per heavy atom. The van der Waals surface area contributed by atoms with Gasteiger partial charge in [-0.05, 0) is 38.1 Å². The molecular weight excluding hydrogens is 319 g/mol. The number of hydrogen-bond acceptors (Lipinski definition) is 4. The van der Waals surface area contributed by atoms with Crippen molar-refractivity contribution in [1.29, 1.82) is 0 Å². The maximum absolute atomic E-state index is 14.1. The zero-order chi connectivity index (χ0) is 18.0. The van der Waals surface area contributed by atoms with Gasteiger partial charge in [-0.2, -0.15) is 0 Å². The van der Waals surface area contributed by atoms with Gasteiger partial charge in [0, 0.05) is 17.1 Å². The molecule has 0 radical (unpaired) electrons. The summed E-state index contributed by atoms with van der Waals surface area (Å²) >= 11 is 0. The zero-order valence-electron chi connectivity index (χ0n) is 13.2. The molecule has 2 aromatic rings. The van der Waals surface area contributed by atoms with Crippen molar-refractivity contribution in [1.82, 2.24) is 4.57 Å². The largest absolute Gasteiger partial charge is 0.478 e. The summed E-state index contributed by atoms with van der Waals surface area (Å²) < 4.78 is 19.9. The first-order valence-electron chi connectivity index (χ1n) is 6.87. The van der Waals surface area contributed by atoms with E-state index in [2.05, 4.69) is 10.1 Å². The Kier molecular flexibility index (Phi) is 4.68. The third-order valence-corrected chi connectivity index (χ3v) is 3.43. The van der Waals surface area contributed by atoms with Crippen LogP contribution in [0.4, 0.5) is 14.9 Å². The highest BCUT2D eigenvalue weighted by Crippen LogP contribution is 2.21. The van der Waals surface area contributed by atoms with Crippen LogP contribution in [-0.4, -0.2) is 34.8 Å². The number of hydrogen-bond donors (Lipinski definition) is 2. The number of carboxylic acids is 1. The van der Waals surface area contributed by atoms with Crippen LogP contribution in [0.3, 0.4) is 0 Å². The number of nitrogens with one attached hydrogen (secondary N) is 1. The number of amides is 1. The third-order valence-electron chi connectivity index (χ3n) is 3.43. The molecule has 1 heterocycles. The molecule has 0 aliphatic rings. The fourth-order valence-electron chi connectivity index (χ4n) is 2.28. The van der Waals surface area contributed by atoms with E-state index < -0.39 is 34.9 Å². The van der Waals surface area contributed by atoms with Crippen LogP contribution in [0.2, 0.25) is 0 Å². The Morgan fingerprint density at radius 3 is 2.17 bits per heavy atom. The molecule has 0 spiro atoms. The predicted octanol–water partition coefficient (Wildman–Crippen LogP) is 2.81. The summed E-state index contributed by atoms with van der Waals surface area (Å²) in [6.07, 6.45) is 0. The van der Waals surface area contributed by atoms with Crippen molar-refractivity contribution in [2.75, 3.05) is 12.4 Å². The van der Waals surface area contributed by atoms with E-state index in [9.17, 15) is 18.8 Å². The van der Waals surface area contributed by atoms with Gasteiger partial charge in [-0.1, -0.05) is 0 Å². The quantitative estimate of drug-likeness (QED) is 0.841. The van der Waals surface area contributed by atoms with Crippen LogP contribution in [0.25, 0.3) is 0 Å². The average Bonchev–Trinajstić information content (AvgIpc) is 2.86. The monoisotopic (exact) mass is 334 g/mol. The topological polar surface area (TPSA) is 97.6 Å². The highest BCUT2D eigenvalue weighted by molar-refractivity contribution is 5.99. The summed E-state index contributed by atoms with van der Waals surface area (Å²) in [5, 5.41) is 11.5. The molecule has 7 nitrogen and oxygen atoms in total. The van der Waals surface area contributed by atoms with Gasteiger partial charge in [0.1, 0.15) is 0 Å². The molecule has 0 bridgehead atoms. The molecule has 2 N–H and O–H groups in total. The van der Waals surface area contributed by atoms with Gasteiger partial charge in [-0.15, -0.1) is 0 Å². The van der Waals surface area contributed by atoms with Crippen molar-refractivity contribution in [3.05, 3.63) is 52.6 Å². The van der Waals surface area contributed by atoms with Crippen LogP contribution in [0, 0.1) is 19.7 Å². The Labute approximate surface area is 136 Å².